The Morgan fingerprint density at radius 1 is 0.909 bits per heavy atom. The van der Waals surface area contributed by atoms with Crippen molar-refractivity contribution in [1.82, 2.24) is 0 Å². The lowest BCUT2D eigenvalue weighted by Gasteiger charge is -2.13. The number of aryl methyl sites for hydroxylation is 1. The number of hydrogen-bond acceptors (Lipinski definition) is 4. The first kappa shape index (κ1) is 14.6. The molecule has 0 unspecified atom stereocenters. The fraction of sp³-hybridized carbons (Fsp3) is 0.0588. The molecule has 3 aromatic carbocycles. The molecule has 4 nitrogen and oxygen atoms in total. The zero-order valence-electron chi connectivity index (χ0n) is 11.9. The average molecular weight is 312 g/mol. The first-order valence-electron chi connectivity index (χ1n) is 6.76. The van der Waals surface area contributed by atoms with E-state index in [-0.39, 0.29) is 4.90 Å². The normalized spacial score (nSPS) is 11.5. The summed E-state index contributed by atoms with van der Waals surface area (Å²) in [7, 11) is -4.44. The molecule has 112 valence electrons. The van der Waals surface area contributed by atoms with E-state index >= 15 is 0 Å². The largest absolute Gasteiger partial charge is 0.744 e. The molecule has 0 radical (unpaired) electrons. The van der Waals surface area contributed by atoms with Crippen LogP contribution < -0.4 is 5.32 Å². The molecule has 0 heterocycles. The number of rotatable bonds is 3. The zero-order valence-corrected chi connectivity index (χ0v) is 12.7. The highest BCUT2D eigenvalue weighted by molar-refractivity contribution is 7.85. The summed E-state index contributed by atoms with van der Waals surface area (Å²) >= 11 is 0. The van der Waals surface area contributed by atoms with Crippen LogP contribution in [-0.2, 0) is 10.1 Å². The van der Waals surface area contributed by atoms with Crippen LogP contribution in [0, 0.1) is 6.92 Å². The first-order chi connectivity index (χ1) is 10.4. The van der Waals surface area contributed by atoms with Crippen molar-refractivity contribution < 1.29 is 13.0 Å². The predicted octanol–water partition coefficient (Wildman–Crippen LogP) is 3.80. The van der Waals surface area contributed by atoms with Gasteiger partial charge in [0.25, 0.3) is 0 Å². The molecule has 3 rings (SSSR count). The number of anilines is 2. The highest BCUT2D eigenvalue weighted by Gasteiger charge is 2.06. The van der Waals surface area contributed by atoms with Crippen molar-refractivity contribution in [2.24, 2.45) is 0 Å². The Hall–Kier alpha value is -2.37. The van der Waals surface area contributed by atoms with Gasteiger partial charge in [0.15, 0.2) is 0 Å². The van der Waals surface area contributed by atoms with Crippen molar-refractivity contribution in [3.63, 3.8) is 0 Å². The Balaban J connectivity index is 2.10. The van der Waals surface area contributed by atoms with Crippen molar-refractivity contribution >= 4 is 32.3 Å². The van der Waals surface area contributed by atoms with Crippen LogP contribution >= 0.6 is 0 Å². The summed E-state index contributed by atoms with van der Waals surface area (Å²) in [4.78, 5) is -0.215. The Labute approximate surface area is 129 Å². The molecular weight excluding hydrogens is 298 g/mol. The monoisotopic (exact) mass is 312 g/mol. The van der Waals surface area contributed by atoms with E-state index in [0.29, 0.717) is 5.39 Å². The van der Waals surface area contributed by atoms with Gasteiger partial charge in [-0.1, -0.05) is 36.4 Å². The highest BCUT2D eigenvalue weighted by Crippen LogP contribution is 2.29. The molecule has 0 bridgehead atoms. The minimum Gasteiger partial charge on any atom is -0.744 e. The Morgan fingerprint density at radius 3 is 2.36 bits per heavy atom. The minimum absolute atomic E-state index is 0.215. The van der Waals surface area contributed by atoms with Crippen molar-refractivity contribution in [2.75, 3.05) is 5.32 Å². The zero-order chi connectivity index (χ0) is 15.7. The summed E-state index contributed by atoms with van der Waals surface area (Å²) in [6.07, 6.45) is 0. The number of fused-ring (bicyclic) bond motifs is 1. The third-order valence-corrected chi connectivity index (χ3v) is 4.39. The first-order valence-corrected chi connectivity index (χ1v) is 8.17. The van der Waals surface area contributed by atoms with E-state index in [4.69, 9.17) is 0 Å². The lowest BCUT2D eigenvalue weighted by Crippen LogP contribution is -1.99. The summed E-state index contributed by atoms with van der Waals surface area (Å²) in [6.45, 7) is 2.01. The van der Waals surface area contributed by atoms with Gasteiger partial charge in [0, 0.05) is 16.8 Å². The standard InChI is InChI=1S/C17H15NO3S/c1-12-5-2-3-7-16(12)18-17-8-4-6-13-11-14(22(19,20)21)9-10-15(13)17/h2-11,18H,1H3,(H,19,20,21)/p-1. The topological polar surface area (TPSA) is 69.2 Å². The fourth-order valence-corrected chi connectivity index (χ4v) is 2.89. The molecule has 22 heavy (non-hydrogen) atoms. The summed E-state index contributed by atoms with van der Waals surface area (Å²) in [6, 6.07) is 17.8. The third kappa shape index (κ3) is 2.81. The molecular formula is C17H14NO3S-. The molecule has 0 aromatic heterocycles. The number of hydrogen-bond donors (Lipinski definition) is 1. The Bertz CT molecular complexity index is 949. The van der Waals surface area contributed by atoms with E-state index in [1.54, 1.807) is 12.1 Å². The lowest BCUT2D eigenvalue weighted by molar-refractivity contribution is 0.463. The molecule has 0 saturated heterocycles. The second kappa shape index (κ2) is 5.44. The van der Waals surface area contributed by atoms with Crippen LogP contribution in [0.15, 0.2) is 65.6 Å². The van der Waals surface area contributed by atoms with Crippen LogP contribution in [0.1, 0.15) is 5.56 Å². The van der Waals surface area contributed by atoms with Crippen molar-refractivity contribution in [3.8, 4) is 0 Å². The van der Waals surface area contributed by atoms with Crippen LogP contribution in [-0.4, -0.2) is 13.0 Å². The van der Waals surface area contributed by atoms with Gasteiger partial charge in [0.05, 0.1) is 4.90 Å². The van der Waals surface area contributed by atoms with Crippen LogP contribution in [0.2, 0.25) is 0 Å². The molecule has 0 saturated carbocycles. The van der Waals surface area contributed by atoms with Gasteiger partial charge >= 0.3 is 0 Å². The van der Waals surface area contributed by atoms with Gasteiger partial charge in [-0.15, -0.1) is 0 Å². The number of benzene rings is 3. The van der Waals surface area contributed by atoms with Gasteiger partial charge in [0.1, 0.15) is 10.1 Å². The Morgan fingerprint density at radius 2 is 1.64 bits per heavy atom. The maximum atomic E-state index is 11.1. The number of para-hydroxylation sites is 1. The molecule has 0 spiro atoms. The second-order valence-corrected chi connectivity index (χ2v) is 6.46. The second-order valence-electron chi connectivity index (χ2n) is 5.08. The minimum atomic E-state index is -4.44. The van der Waals surface area contributed by atoms with E-state index in [2.05, 4.69) is 5.32 Å². The predicted molar refractivity (Wildman–Crippen MR) is 86.4 cm³/mol. The van der Waals surface area contributed by atoms with E-state index in [9.17, 15) is 13.0 Å². The van der Waals surface area contributed by atoms with Crippen molar-refractivity contribution in [2.45, 2.75) is 11.8 Å². The van der Waals surface area contributed by atoms with Gasteiger partial charge < -0.3 is 9.87 Å². The van der Waals surface area contributed by atoms with Gasteiger partial charge in [0.2, 0.25) is 0 Å². The van der Waals surface area contributed by atoms with E-state index < -0.39 is 10.1 Å². The van der Waals surface area contributed by atoms with E-state index in [0.717, 1.165) is 22.3 Å². The quantitative estimate of drug-likeness (QED) is 0.747. The maximum Gasteiger partial charge on any atom is 0.124 e. The molecule has 0 aliphatic heterocycles. The van der Waals surface area contributed by atoms with E-state index in [1.165, 1.54) is 12.1 Å². The molecule has 0 amide bonds. The summed E-state index contributed by atoms with van der Waals surface area (Å²) < 4.78 is 33.4. The highest BCUT2D eigenvalue weighted by atomic mass is 32.2. The molecule has 3 aromatic rings. The summed E-state index contributed by atoms with van der Waals surface area (Å²) in [5, 5.41) is 4.91. The summed E-state index contributed by atoms with van der Waals surface area (Å²) in [5.74, 6) is 0. The molecule has 1 N–H and O–H groups in total. The average Bonchev–Trinajstić information content (AvgIpc) is 2.48. The van der Waals surface area contributed by atoms with Gasteiger partial charge in [-0.3, -0.25) is 0 Å². The van der Waals surface area contributed by atoms with Crippen molar-refractivity contribution in [1.29, 1.82) is 0 Å². The summed E-state index contributed by atoms with van der Waals surface area (Å²) in [5.41, 5.74) is 2.95. The molecule has 5 heteroatoms. The van der Waals surface area contributed by atoms with Crippen LogP contribution in [0.5, 0.6) is 0 Å². The number of nitrogens with one attached hydrogen (secondary N) is 1. The van der Waals surface area contributed by atoms with Crippen molar-refractivity contribution in [3.05, 3.63) is 66.2 Å². The van der Waals surface area contributed by atoms with Crippen LogP contribution in [0.25, 0.3) is 10.8 Å². The molecule has 0 fully saturated rings. The van der Waals surface area contributed by atoms with Gasteiger partial charge in [-0.2, -0.15) is 0 Å². The molecule has 0 aliphatic carbocycles. The Kier molecular flexibility index (Phi) is 3.60. The van der Waals surface area contributed by atoms with Gasteiger partial charge in [-0.05, 0) is 42.1 Å². The third-order valence-electron chi connectivity index (χ3n) is 3.55. The van der Waals surface area contributed by atoms with Gasteiger partial charge in [-0.25, -0.2) is 8.42 Å². The molecule has 0 atom stereocenters. The van der Waals surface area contributed by atoms with Crippen LogP contribution in [0.3, 0.4) is 0 Å². The van der Waals surface area contributed by atoms with Crippen LogP contribution in [0.4, 0.5) is 11.4 Å². The van der Waals surface area contributed by atoms with E-state index in [1.807, 2.05) is 43.3 Å². The maximum absolute atomic E-state index is 11.1. The lowest BCUT2D eigenvalue weighted by atomic mass is 10.1. The fourth-order valence-electron chi connectivity index (χ4n) is 2.38. The smallest absolute Gasteiger partial charge is 0.124 e. The SMILES string of the molecule is Cc1ccccc1Nc1cccc2cc(S(=O)(=O)[O-])ccc12. The molecule has 0 aliphatic rings.